The molecule has 4 N–H and O–H groups in total. The Hall–Kier alpha value is -3.65. The van der Waals surface area contributed by atoms with Crippen LogP contribution in [0.5, 0.6) is 0 Å². The lowest BCUT2D eigenvalue weighted by Crippen LogP contribution is -2.49. The van der Waals surface area contributed by atoms with Crippen LogP contribution in [0.25, 0.3) is 11.1 Å². The molecule has 0 bridgehead atoms. The standard InChI is InChI=1S/C25H23F3N2O3/c1-24(29,15-22(31)32)23(33)30-20-12-11-19(21(14-20)25(26,27)28)13-16-7-9-18(10-8-16)17-5-3-2-4-6-17/h2-12,14H,13,15,29H2,1H3,(H,30,33)(H,31,32)/t24-/m0/s1. The highest BCUT2D eigenvalue weighted by atomic mass is 19.4. The van der Waals surface area contributed by atoms with E-state index in [1.807, 2.05) is 42.5 Å². The molecule has 0 aliphatic heterocycles. The zero-order valence-corrected chi connectivity index (χ0v) is 17.8. The van der Waals surface area contributed by atoms with Crippen LogP contribution in [-0.2, 0) is 22.2 Å². The number of carbonyl (C=O) groups excluding carboxylic acids is 1. The predicted octanol–water partition coefficient (Wildman–Crippen LogP) is 5.09. The number of hydrogen-bond donors (Lipinski definition) is 3. The molecule has 0 aliphatic carbocycles. The molecule has 0 saturated carbocycles. The summed E-state index contributed by atoms with van der Waals surface area (Å²) in [4.78, 5) is 23.1. The lowest BCUT2D eigenvalue weighted by atomic mass is 9.96. The minimum absolute atomic E-state index is 0.0474. The Kier molecular flexibility index (Phi) is 6.88. The quantitative estimate of drug-likeness (QED) is 0.462. The summed E-state index contributed by atoms with van der Waals surface area (Å²) in [7, 11) is 0. The molecule has 1 atom stereocenters. The highest BCUT2D eigenvalue weighted by Crippen LogP contribution is 2.35. The third kappa shape index (κ3) is 6.20. The van der Waals surface area contributed by atoms with Crippen molar-refractivity contribution in [3.05, 3.63) is 89.5 Å². The number of nitrogens with two attached hydrogens (primary N) is 1. The minimum Gasteiger partial charge on any atom is -0.481 e. The van der Waals surface area contributed by atoms with Crippen LogP contribution >= 0.6 is 0 Å². The average molecular weight is 456 g/mol. The monoisotopic (exact) mass is 456 g/mol. The van der Waals surface area contributed by atoms with E-state index in [1.165, 1.54) is 19.1 Å². The summed E-state index contributed by atoms with van der Waals surface area (Å²) < 4.78 is 41.2. The van der Waals surface area contributed by atoms with E-state index in [1.54, 1.807) is 12.1 Å². The van der Waals surface area contributed by atoms with E-state index in [-0.39, 0.29) is 17.7 Å². The normalized spacial score (nSPS) is 13.2. The van der Waals surface area contributed by atoms with Crippen molar-refractivity contribution in [3.63, 3.8) is 0 Å². The topological polar surface area (TPSA) is 92.4 Å². The summed E-state index contributed by atoms with van der Waals surface area (Å²) in [6, 6.07) is 20.4. The zero-order chi connectivity index (χ0) is 24.2. The fourth-order valence-electron chi connectivity index (χ4n) is 3.41. The summed E-state index contributed by atoms with van der Waals surface area (Å²) in [5.74, 6) is -2.18. The van der Waals surface area contributed by atoms with Crippen LogP contribution in [0.1, 0.15) is 30.0 Å². The Morgan fingerprint density at radius 1 is 0.939 bits per heavy atom. The number of carbonyl (C=O) groups is 2. The highest BCUT2D eigenvalue weighted by molar-refractivity contribution is 5.99. The van der Waals surface area contributed by atoms with Gasteiger partial charge in [-0.05, 0) is 47.7 Å². The molecule has 0 unspecified atom stereocenters. The van der Waals surface area contributed by atoms with Gasteiger partial charge in [-0.2, -0.15) is 13.2 Å². The van der Waals surface area contributed by atoms with Crippen LogP contribution in [-0.4, -0.2) is 22.5 Å². The number of nitrogens with one attached hydrogen (secondary N) is 1. The van der Waals surface area contributed by atoms with E-state index >= 15 is 0 Å². The summed E-state index contributed by atoms with van der Waals surface area (Å²) >= 11 is 0. The Morgan fingerprint density at radius 3 is 2.12 bits per heavy atom. The number of carboxylic acid groups (broad SMARTS) is 1. The van der Waals surface area contributed by atoms with Gasteiger partial charge < -0.3 is 16.2 Å². The lowest BCUT2D eigenvalue weighted by Gasteiger charge is -2.22. The van der Waals surface area contributed by atoms with Crippen molar-refractivity contribution in [2.75, 3.05) is 5.32 Å². The smallest absolute Gasteiger partial charge is 0.416 e. The van der Waals surface area contributed by atoms with Crippen molar-refractivity contribution in [2.45, 2.75) is 31.5 Å². The van der Waals surface area contributed by atoms with Gasteiger partial charge in [0, 0.05) is 5.69 Å². The number of amides is 1. The first-order chi connectivity index (χ1) is 15.5. The number of hydrogen-bond acceptors (Lipinski definition) is 3. The van der Waals surface area contributed by atoms with Crippen molar-refractivity contribution in [3.8, 4) is 11.1 Å². The van der Waals surface area contributed by atoms with Gasteiger partial charge in [-0.15, -0.1) is 0 Å². The molecule has 3 aromatic rings. The van der Waals surface area contributed by atoms with Gasteiger partial charge in [0.2, 0.25) is 5.91 Å². The number of halogens is 3. The number of aliphatic carboxylic acids is 1. The molecule has 0 saturated heterocycles. The lowest BCUT2D eigenvalue weighted by molar-refractivity contribution is -0.140. The zero-order valence-electron chi connectivity index (χ0n) is 17.8. The molecule has 172 valence electrons. The van der Waals surface area contributed by atoms with Gasteiger partial charge in [-0.3, -0.25) is 9.59 Å². The third-order valence-corrected chi connectivity index (χ3v) is 5.17. The molecule has 0 heterocycles. The summed E-state index contributed by atoms with van der Waals surface area (Å²) in [5.41, 5.74) is 5.65. The Balaban J connectivity index is 1.83. The summed E-state index contributed by atoms with van der Waals surface area (Å²) in [5, 5.41) is 11.2. The van der Waals surface area contributed by atoms with Gasteiger partial charge in [0.25, 0.3) is 0 Å². The van der Waals surface area contributed by atoms with Crippen LogP contribution in [0.2, 0.25) is 0 Å². The van der Waals surface area contributed by atoms with Crippen LogP contribution in [0.3, 0.4) is 0 Å². The van der Waals surface area contributed by atoms with Crippen LogP contribution < -0.4 is 11.1 Å². The van der Waals surface area contributed by atoms with Crippen molar-refractivity contribution in [2.24, 2.45) is 5.73 Å². The van der Waals surface area contributed by atoms with Crippen LogP contribution in [0.15, 0.2) is 72.8 Å². The average Bonchev–Trinajstić information content (AvgIpc) is 2.74. The summed E-state index contributed by atoms with van der Waals surface area (Å²) in [6.07, 6.45) is -5.26. The maximum atomic E-state index is 13.7. The first-order valence-corrected chi connectivity index (χ1v) is 10.1. The molecule has 5 nitrogen and oxygen atoms in total. The second kappa shape index (κ2) is 9.46. The van der Waals surface area contributed by atoms with E-state index < -0.39 is 35.6 Å². The van der Waals surface area contributed by atoms with E-state index in [9.17, 15) is 22.8 Å². The van der Waals surface area contributed by atoms with Gasteiger partial charge in [-0.1, -0.05) is 60.7 Å². The molecule has 33 heavy (non-hydrogen) atoms. The molecule has 0 aliphatic rings. The molecule has 8 heteroatoms. The van der Waals surface area contributed by atoms with Crippen LogP contribution in [0.4, 0.5) is 18.9 Å². The van der Waals surface area contributed by atoms with Crippen molar-refractivity contribution in [1.29, 1.82) is 0 Å². The molecule has 0 spiro atoms. The van der Waals surface area contributed by atoms with Crippen molar-refractivity contribution in [1.82, 2.24) is 0 Å². The van der Waals surface area contributed by atoms with Gasteiger partial charge in [0.15, 0.2) is 0 Å². The van der Waals surface area contributed by atoms with Crippen molar-refractivity contribution >= 4 is 17.6 Å². The second-order valence-electron chi connectivity index (χ2n) is 8.05. The van der Waals surface area contributed by atoms with Gasteiger partial charge in [-0.25, -0.2) is 0 Å². The number of carboxylic acids is 1. The largest absolute Gasteiger partial charge is 0.481 e. The van der Waals surface area contributed by atoms with E-state index in [4.69, 9.17) is 10.8 Å². The number of rotatable bonds is 7. The molecule has 1 amide bonds. The van der Waals surface area contributed by atoms with Gasteiger partial charge in [0.05, 0.1) is 12.0 Å². The maximum absolute atomic E-state index is 13.7. The van der Waals surface area contributed by atoms with Crippen molar-refractivity contribution < 1.29 is 27.9 Å². The number of anilines is 1. The predicted molar refractivity (Wildman–Crippen MR) is 120 cm³/mol. The first-order valence-electron chi connectivity index (χ1n) is 10.1. The second-order valence-corrected chi connectivity index (χ2v) is 8.05. The minimum atomic E-state index is -4.65. The third-order valence-electron chi connectivity index (χ3n) is 5.17. The molecule has 0 fully saturated rings. The number of alkyl halides is 3. The Morgan fingerprint density at radius 2 is 1.55 bits per heavy atom. The Labute approximate surface area is 189 Å². The molecular formula is C25H23F3N2O3. The van der Waals surface area contributed by atoms with Gasteiger partial charge >= 0.3 is 12.1 Å². The number of benzene rings is 3. The van der Waals surface area contributed by atoms with E-state index in [0.717, 1.165) is 17.2 Å². The molecule has 3 rings (SSSR count). The first kappa shape index (κ1) is 24.0. The van der Waals surface area contributed by atoms with Gasteiger partial charge in [0.1, 0.15) is 5.54 Å². The van der Waals surface area contributed by atoms with E-state index in [0.29, 0.717) is 5.56 Å². The maximum Gasteiger partial charge on any atom is 0.416 e. The Bertz CT molecular complexity index is 1140. The fraction of sp³-hybridized carbons (Fsp3) is 0.200. The summed E-state index contributed by atoms with van der Waals surface area (Å²) in [6.45, 7) is 1.20. The molecular weight excluding hydrogens is 433 g/mol. The molecule has 0 radical (unpaired) electrons. The molecule has 3 aromatic carbocycles. The van der Waals surface area contributed by atoms with Crippen LogP contribution in [0, 0.1) is 0 Å². The fourth-order valence-corrected chi connectivity index (χ4v) is 3.41. The highest BCUT2D eigenvalue weighted by Gasteiger charge is 2.35. The van der Waals surface area contributed by atoms with E-state index in [2.05, 4.69) is 5.32 Å². The SMILES string of the molecule is C[C@](N)(CC(=O)O)C(=O)Nc1ccc(Cc2ccc(-c3ccccc3)cc2)c(C(F)(F)F)c1. The molecule has 0 aromatic heterocycles.